The maximum Gasteiger partial charge on any atom is 0.483 e. The number of aromatic amines is 1. The number of hydrogen-bond donors (Lipinski definition) is 9. The Morgan fingerprint density at radius 3 is 2.34 bits per heavy atom. The van der Waals surface area contributed by atoms with Crippen LogP contribution in [-0.2, 0) is 41.6 Å². The summed E-state index contributed by atoms with van der Waals surface area (Å²) in [4.78, 5) is 65.6. The Kier molecular flexibility index (Phi) is 9.95. The van der Waals surface area contributed by atoms with Gasteiger partial charge in [0, 0.05) is 13.8 Å². The van der Waals surface area contributed by atoms with Crippen LogP contribution in [0.5, 0.6) is 0 Å². The zero-order chi connectivity index (χ0) is 32.7. The van der Waals surface area contributed by atoms with Gasteiger partial charge in [-0.3, -0.25) is 33.0 Å². The number of carbonyl (C=O) groups is 2. The molecule has 22 nitrogen and oxygen atoms in total. The molecular weight excluding hydrogens is 640 g/mol. The number of aliphatic hydroxyl groups is 3. The third-order valence-electron chi connectivity index (χ3n) is 6.53. The molecule has 4 heterocycles. The van der Waals surface area contributed by atoms with Gasteiger partial charge < -0.3 is 50.9 Å². The van der Waals surface area contributed by atoms with Crippen LogP contribution in [0.15, 0.2) is 11.1 Å². The van der Waals surface area contributed by atoms with Crippen LogP contribution in [0.3, 0.4) is 0 Å². The van der Waals surface area contributed by atoms with Gasteiger partial charge in [-0.15, -0.1) is 0 Å². The van der Waals surface area contributed by atoms with E-state index in [2.05, 4.69) is 29.9 Å². The number of phosphoric ester groups is 2. The standard InChI is InChI=1S/C20H31N7O15P2/c1-6-10(23-7(2)28)14(31)11(24-8(3)29)19(39-6)41-44(36,37)42-43(34,35)38-4-9-13(30)15(32)18(40-9)27-5-22-12-16(27)25-20(21)26-17(12)33/h5-6,9-11,13-15,18-19,30-32H,4H2,1-3H3,(H,23,28)(H,24,29)(H,34,35)(H,36,37)(H3,21,25,26,33)/t6-,9-,10-,11-,13-,14+,15-,18-,19-/m1/s1. The molecule has 2 aliphatic heterocycles. The number of fused-ring (bicyclic) bond motifs is 1. The second-order valence-electron chi connectivity index (χ2n) is 9.89. The Hall–Kier alpha value is -2.85. The Bertz CT molecular complexity index is 1550. The first kappa shape index (κ1) is 34.0. The van der Waals surface area contributed by atoms with Crippen molar-refractivity contribution in [2.75, 3.05) is 12.3 Å². The number of rotatable bonds is 10. The summed E-state index contributed by atoms with van der Waals surface area (Å²) in [6.45, 7) is 2.61. The van der Waals surface area contributed by atoms with E-state index in [1.807, 2.05) is 0 Å². The molecule has 4 rings (SSSR count). The molecule has 2 aromatic heterocycles. The predicted molar refractivity (Wildman–Crippen MR) is 142 cm³/mol. The SMILES string of the molecule is CC(=O)N[C@H]1[C@@H](OP(=O)(O)OP(=O)(O)OC[C@H]2O[C@@H](n3cnc4c(=O)[nH]c(N)nc43)[C@H](O)[C@@H]2O)O[C@H](C)[C@@H](NC(C)=O)[C@@H]1O. The summed E-state index contributed by atoms with van der Waals surface area (Å²) in [6, 6.07) is -2.63. The number of aromatic nitrogens is 4. The fraction of sp³-hybridized carbons (Fsp3) is 0.650. The Balaban J connectivity index is 1.41. The van der Waals surface area contributed by atoms with Gasteiger partial charge in [0.05, 0.1) is 25.1 Å². The molecule has 24 heteroatoms. The molecule has 246 valence electrons. The first-order valence-electron chi connectivity index (χ1n) is 12.7. The molecule has 0 bridgehead atoms. The number of ether oxygens (including phenoxy) is 2. The fourth-order valence-corrected chi connectivity index (χ4v) is 6.82. The van der Waals surface area contributed by atoms with Crippen molar-refractivity contribution in [1.82, 2.24) is 30.2 Å². The Morgan fingerprint density at radius 1 is 1.07 bits per heavy atom. The third-order valence-corrected chi connectivity index (χ3v) is 9.13. The number of H-pyrrole nitrogens is 1. The lowest BCUT2D eigenvalue weighted by Crippen LogP contribution is -2.67. The van der Waals surface area contributed by atoms with Crippen LogP contribution in [-0.4, -0.2) is 112 Å². The van der Waals surface area contributed by atoms with Gasteiger partial charge in [0.15, 0.2) is 23.7 Å². The number of hydrogen-bond acceptors (Lipinski definition) is 16. The molecule has 44 heavy (non-hydrogen) atoms. The molecule has 10 N–H and O–H groups in total. The van der Waals surface area contributed by atoms with Crippen LogP contribution in [0.4, 0.5) is 5.95 Å². The van der Waals surface area contributed by atoms with Crippen molar-refractivity contribution in [1.29, 1.82) is 0 Å². The van der Waals surface area contributed by atoms with E-state index in [0.29, 0.717) is 0 Å². The molecule has 0 radical (unpaired) electrons. The van der Waals surface area contributed by atoms with Gasteiger partial charge in [-0.2, -0.15) is 9.29 Å². The zero-order valence-electron chi connectivity index (χ0n) is 23.1. The number of nitrogens with one attached hydrogen (secondary N) is 3. The molecule has 2 saturated heterocycles. The van der Waals surface area contributed by atoms with E-state index >= 15 is 0 Å². The highest BCUT2D eigenvalue weighted by molar-refractivity contribution is 7.61. The lowest BCUT2D eigenvalue weighted by atomic mass is 9.95. The summed E-state index contributed by atoms with van der Waals surface area (Å²) in [5.41, 5.74) is 4.59. The minimum Gasteiger partial charge on any atom is -0.389 e. The molecule has 2 unspecified atom stereocenters. The van der Waals surface area contributed by atoms with Crippen molar-refractivity contribution in [2.45, 2.75) is 75.9 Å². The average Bonchev–Trinajstić information content (AvgIpc) is 3.42. The highest BCUT2D eigenvalue weighted by atomic mass is 31.3. The summed E-state index contributed by atoms with van der Waals surface area (Å²) in [7, 11) is -11.1. The van der Waals surface area contributed by atoms with E-state index in [1.165, 1.54) is 6.92 Å². The number of imidazole rings is 1. The van der Waals surface area contributed by atoms with Crippen LogP contribution in [0, 0.1) is 0 Å². The van der Waals surface area contributed by atoms with Crippen molar-refractivity contribution < 1.29 is 66.7 Å². The highest BCUT2D eigenvalue weighted by Crippen LogP contribution is 2.61. The van der Waals surface area contributed by atoms with Gasteiger partial charge in [0.2, 0.25) is 17.8 Å². The minimum absolute atomic E-state index is 0.107. The van der Waals surface area contributed by atoms with E-state index in [4.69, 9.17) is 24.3 Å². The van der Waals surface area contributed by atoms with Crippen LogP contribution < -0.4 is 21.9 Å². The number of anilines is 1. The summed E-state index contributed by atoms with van der Waals surface area (Å²) >= 11 is 0. The summed E-state index contributed by atoms with van der Waals surface area (Å²) < 4.78 is 51.1. The second-order valence-corrected chi connectivity index (χ2v) is 12.9. The van der Waals surface area contributed by atoms with Gasteiger partial charge in [-0.1, -0.05) is 0 Å². The molecule has 0 aromatic carbocycles. The van der Waals surface area contributed by atoms with Crippen molar-refractivity contribution in [2.24, 2.45) is 0 Å². The van der Waals surface area contributed by atoms with Crippen molar-refractivity contribution in [3.05, 3.63) is 16.7 Å². The average molecular weight is 671 g/mol. The van der Waals surface area contributed by atoms with Crippen molar-refractivity contribution in [3.63, 3.8) is 0 Å². The fourth-order valence-electron chi connectivity index (χ4n) is 4.66. The molecule has 2 fully saturated rings. The minimum atomic E-state index is -5.57. The maximum atomic E-state index is 12.7. The lowest BCUT2D eigenvalue weighted by molar-refractivity contribution is -0.208. The molecule has 0 saturated carbocycles. The third kappa shape index (κ3) is 7.50. The molecule has 2 aromatic rings. The molecule has 0 spiro atoms. The summed E-state index contributed by atoms with van der Waals surface area (Å²) in [6.07, 6.45) is -9.88. The molecule has 2 aliphatic rings. The van der Waals surface area contributed by atoms with E-state index < -0.39 is 94.7 Å². The number of carbonyl (C=O) groups excluding carboxylic acids is 2. The Morgan fingerprint density at radius 2 is 1.70 bits per heavy atom. The van der Waals surface area contributed by atoms with Crippen LogP contribution in [0.2, 0.25) is 0 Å². The molecule has 0 aliphatic carbocycles. The normalized spacial score (nSPS) is 33.4. The molecule has 2 amide bonds. The number of nitrogen functional groups attached to an aromatic ring is 1. The monoisotopic (exact) mass is 671 g/mol. The number of phosphoric acid groups is 2. The lowest BCUT2D eigenvalue weighted by Gasteiger charge is -2.43. The summed E-state index contributed by atoms with van der Waals surface area (Å²) in [5.74, 6) is -1.55. The summed E-state index contributed by atoms with van der Waals surface area (Å²) in [5, 5.41) is 36.3. The van der Waals surface area contributed by atoms with Crippen molar-refractivity contribution in [3.8, 4) is 0 Å². The molecular formula is C20H31N7O15P2. The quantitative estimate of drug-likeness (QED) is 0.112. The first-order valence-corrected chi connectivity index (χ1v) is 15.7. The van der Waals surface area contributed by atoms with Gasteiger partial charge in [0.25, 0.3) is 5.56 Å². The predicted octanol–water partition coefficient (Wildman–Crippen LogP) is -3.31. The van der Waals surface area contributed by atoms with E-state index in [9.17, 15) is 48.6 Å². The molecule has 11 atom stereocenters. The first-order chi connectivity index (χ1) is 20.4. The number of amides is 2. The van der Waals surface area contributed by atoms with E-state index in [-0.39, 0.29) is 17.1 Å². The smallest absolute Gasteiger partial charge is 0.389 e. The van der Waals surface area contributed by atoms with Crippen LogP contribution in [0.1, 0.15) is 27.0 Å². The van der Waals surface area contributed by atoms with Crippen LogP contribution >= 0.6 is 15.6 Å². The Labute approximate surface area is 246 Å². The van der Waals surface area contributed by atoms with Gasteiger partial charge in [0.1, 0.15) is 30.5 Å². The van der Waals surface area contributed by atoms with Gasteiger partial charge in [-0.05, 0) is 6.92 Å². The van der Waals surface area contributed by atoms with Gasteiger partial charge in [-0.25, -0.2) is 14.1 Å². The number of nitrogens with two attached hydrogens (primary N) is 1. The number of aliphatic hydroxyl groups excluding tert-OH is 3. The zero-order valence-corrected chi connectivity index (χ0v) is 24.9. The van der Waals surface area contributed by atoms with E-state index in [1.54, 1.807) is 0 Å². The number of nitrogens with zero attached hydrogens (tertiary/aromatic N) is 3. The topological polar surface area (TPSA) is 329 Å². The second kappa shape index (κ2) is 12.9. The van der Waals surface area contributed by atoms with Crippen molar-refractivity contribution >= 4 is 44.6 Å². The van der Waals surface area contributed by atoms with Crippen LogP contribution in [0.25, 0.3) is 11.2 Å². The largest absolute Gasteiger partial charge is 0.483 e. The maximum absolute atomic E-state index is 12.7. The van der Waals surface area contributed by atoms with E-state index in [0.717, 1.165) is 24.7 Å². The highest BCUT2D eigenvalue weighted by Gasteiger charge is 2.50. The van der Waals surface area contributed by atoms with Gasteiger partial charge >= 0.3 is 15.6 Å².